The molecule has 6 heteroatoms. The van der Waals surface area contributed by atoms with Gasteiger partial charge in [0.15, 0.2) is 0 Å². The molecule has 0 aliphatic rings. The number of methoxy groups -OCH3 is 1. The van der Waals surface area contributed by atoms with E-state index < -0.39 is 10.0 Å². The van der Waals surface area contributed by atoms with E-state index in [0.29, 0.717) is 17.0 Å². The number of aromatic hydroxyl groups is 1. The Morgan fingerprint density at radius 3 is 2.43 bits per heavy atom. The minimum absolute atomic E-state index is 0.00201. The smallest absolute Gasteiger partial charge is 0.262 e. The highest BCUT2D eigenvalue weighted by Gasteiger charge is 2.19. The predicted molar refractivity (Wildman–Crippen MR) is 81.4 cm³/mol. The minimum Gasteiger partial charge on any atom is -0.508 e. The first-order chi connectivity index (χ1) is 9.85. The van der Waals surface area contributed by atoms with Gasteiger partial charge in [-0.15, -0.1) is 0 Å². The number of sulfonamides is 1. The van der Waals surface area contributed by atoms with Crippen LogP contribution in [0.5, 0.6) is 11.5 Å². The predicted octanol–water partition coefficient (Wildman–Crippen LogP) is 2.82. The first kappa shape index (κ1) is 15.2. The van der Waals surface area contributed by atoms with E-state index in [2.05, 4.69) is 4.72 Å². The second kappa shape index (κ2) is 5.65. The summed E-state index contributed by atoms with van der Waals surface area (Å²) in [5, 5.41) is 9.40. The number of phenolic OH excluding ortho intramolecular Hbond substituents is 1. The van der Waals surface area contributed by atoms with E-state index in [9.17, 15) is 13.5 Å². The summed E-state index contributed by atoms with van der Waals surface area (Å²) in [5.74, 6) is 0.640. The first-order valence-corrected chi connectivity index (χ1v) is 7.79. The van der Waals surface area contributed by atoms with Crippen LogP contribution in [0.3, 0.4) is 0 Å². The molecule has 0 atom stereocenters. The van der Waals surface area contributed by atoms with E-state index in [0.717, 1.165) is 5.56 Å². The molecule has 0 heterocycles. The molecule has 0 aromatic heterocycles. The van der Waals surface area contributed by atoms with Crippen LogP contribution in [-0.2, 0) is 10.0 Å². The molecule has 0 unspecified atom stereocenters. The fraction of sp³-hybridized carbons (Fsp3) is 0.200. The van der Waals surface area contributed by atoms with E-state index in [1.807, 2.05) is 6.92 Å². The van der Waals surface area contributed by atoms with Crippen molar-refractivity contribution in [3.8, 4) is 11.5 Å². The number of phenols is 1. The number of anilines is 1. The lowest BCUT2D eigenvalue weighted by molar-refractivity contribution is 0.411. The van der Waals surface area contributed by atoms with E-state index in [4.69, 9.17) is 4.74 Å². The Kier molecular flexibility index (Phi) is 4.09. The lowest BCUT2D eigenvalue weighted by Gasteiger charge is -2.14. The molecule has 0 fully saturated rings. The van der Waals surface area contributed by atoms with Crippen molar-refractivity contribution in [3.63, 3.8) is 0 Å². The van der Waals surface area contributed by atoms with Crippen molar-refractivity contribution in [2.45, 2.75) is 18.7 Å². The van der Waals surface area contributed by atoms with Crippen LogP contribution in [0.25, 0.3) is 0 Å². The standard InChI is InChI=1S/C15H17NO4S/c1-10-11(2)15(8-7-14(10)20-3)21(18,19)16-12-5-4-6-13(17)9-12/h4-9,16-17H,1-3H3. The van der Waals surface area contributed by atoms with Crippen molar-refractivity contribution in [3.05, 3.63) is 47.5 Å². The van der Waals surface area contributed by atoms with Crippen LogP contribution in [0.2, 0.25) is 0 Å². The maximum Gasteiger partial charge on any atom is 0.262 e. The average Bonchev–Trinajstić information content (AvgIpc) is 2.41. The highest BCUT2D eigenvalue weighted by molar-refractivity contribution is 7.92. The zero-order chi connectivity index (χ0) is 15.6. The number of benzene rings is 2. The Hall–Kier alpha value is -2.21. The average molecular weight is 307 g/mol. The largest absolute Gasteiger partial charge is 0.508 e. The van der Waals surface area contributed by atoms with Crippen molar-refractivity contribution in [1.29, 1.82) is 0 Å². The maximum atomic E-state index is 12.5. The summed E-state index contributed by atoms with van der Waals surface area (Å²) >= 11 is 0. The molecule has 0 saturated heterocycles. The van der Waals surface area contributed by atoms with Gasteiger partial charge in [0.05, 0.1) is 17.7 Å². The number of ether oxygens (including phenoxy) is 1. The van der Waals surface area contributed by atoms with Gasteiger partial charge in [-0.1, -0.05) is 6.07 Å². The van der Waals surface area contributed by atoms with Gasteiger partial charge in [0.2, 0.25) is 0 Å². The first-order valence-electron chi connectivity index (χ1n) is 6.31. The Morgan fingerprint density at radius 2 is 1.81 bits per heavy atom. The van der Waals surface area contributed by atoms with Crippen molar-refractivity contribution >= 4 is 15.7 Å². The van der Waals surface area contributed by atoms with Gasteiger partial charge >= 0.3 is 0 Å². The summed E-state index contributed by atoms with van der Waals surface area (Å²) in [6.07, 6.45) is 0. The summed E-state index contributed by atoms with van der Waals surface area (Å²) in [7, 11) is -2.18. The Bertz CT molecular complexity index is 769. The van der Waals surface area contributed by atoms with Crippen LogP contribution in [0.15, 0.2) is 41.3 Å². The summed E-state index contributed by atoms with van der Waals surface area (Å²) < 4.78 is 32.5. The van der Waals surface area contributed by atoms with Gasteiger partial charge < -0.3 is 9.84 Å². The summed E-state index contributed by atoms with van der Waals surface area (Å²) in [4.78, 5) is 0.184. The molecular formula is C15H17NO4S. The number of nitrogens with one attached hydrogen (secondary N) is 1. The van der Waals surface area contributed by atoms with Crippen LogP contribution in [-0.4, -0.2) is 20.6 Å². The Balaban J connectivity index is 2.43. The van der Waals surface area contributed by atoms with Gasteiger partial charge in [-0.2, -0.15) is 0 Å². The summed E-state index contributed by atoms with van der Waals surface area (Å²) in [6.45, 7) is 3.54. The quantitative estimate of drug-likeness (QED) is 0.910. The van der Waals surface area contributed by atoms with Crippen molar-refractivity contribution in [1.82, 2.24) is 0 Å². The monoisotopic (exact) mass is 307 g/mol. The van der Waals surface area contributed by atoms with E-state index in [1.165, 1.54) is 18.2 Å². The highest BCUT2D eigenvalue weighted by atomic mass is 32.2. The van der Waals surface area contributed by atoms with Crippen molar-refractivity contribution in [2.24, 2.45) is 0 Å². The second-order valence-corrected chi connectivity index (χ2v) is 6.32. The zero-order valence-electron chi connectivity index (χ0n) is 12.0. The molecule has 0 saturated carbocycles. The normalized spacial score (nSPS) is 11.2. The SMILES string of the molecule is COc1ccc(S(=O)(=O)Nc2cccc(O)c2)c(C)c1C. The van der Waals surface area contributed by atoms with Crippen LogP contribution in [0.4, 0.5) is 5.69 Å². The molecular weight excluding hydrogens is 290 g/mol. The maximum absolute atomic E-state index is 12.5. The molecule has 2 aromatic rings. The van der Waals surface area contributed by atoms with Gasteiger partial charge in [-0.05, 0) is 49.2 Å². The van der Waals surface area contributed by atoms with Crippen LogP contribution >= 0.6 is 0 Å². The minimum atomic E-state index is -3.72. The van der Waals surface area contributed by atoms with Gasteiger partial charge in [0, 0.05) is 6.07 Å². The lowest BCUT2D eigenvalue weighted by atomic mass is 10.1. The van der Waals surface area contributed by atoms with Gasteiger partial charge in [-0.25, -0.2) is 8.42 Å². The van der Waals surface area contributed by atoms with E-state index >= 15 is 0 Å². The zero-order valence-corrected chi connectivity index (χ0v) is 12.9. The van der Waals surface area contributed by atoms with Gasteiger partial charge in [0.25, 0.3) is 10.0 Å². The Morgan fingerprint density at radius 1 is 1.10 bits per heavy atom. The fourth-order valence-electron chi connectivity index (χ4n) is 2.06. The molecule has 2 rings (SSSR count). The summed E-state index contributed by atoms with van der Waals surface area (Å²) in [5.41, 5.74) is 1.71. The molecule has 21 heavy (non-hydrogen) atoms. The number of rotatable bonds is 4. The lowest BCUT2D eigenvalue weighted by Crippen LogP contribution is -2.14. The number of hydrogen-bond acceptors (Lipinski definition) is 4. The Labute approximate surface area is 124 Å². The third-order valence-corrected chi connectivity index (χ3v) is 4.82. The fourth-order valence-corrected chi connectivity index (χ4v) is 3.41. The van der Waals surface area contributed by atoms with Gasteiger partial charge in [-0.3, -0.25) is 4.72 Å². The molecule has 5 nitrogen and oxygen atoms in total. The highest BCUT2D eigenvalue weighted by Crippen LogP contribution is 2.28. The summed E-state index contributed by atoms with van der Waals surface area (Å²) in [6, 6.07) is 9.10. The van der Waals surface area contributed by atoms with Crippen molar-refractivity contribution < 1.29 is 18.3 Å². The molecule has 112 valence electrons. The molecule has 2 N–H and O–H groups in total. The van der Waals surface area contributed by atoms with Crippen molar-refractivity contribution in [2.75, 3.05) is 11.8 Å². The van der Waals surface area contributed by atoms with E-state index in [-0.39, 0.29) is 10.6 Å². The van der Waals surface area contributed by atoms with Crippen LogP contribution in [0, 0.1) is 13.8 Å². The number of hydrogen-bond donors (Lipinski definition) is 2. The van der Waals surface area contributed by atoms with Gasteiger partial charge in [0.1, 0.15) is 11.5 Å². The third-order valence-electron chi connectivity index (χ3n) is 3.30. The third kappa shape index (κ3) is 3.11. The second-order valence-electron chi connectivity index (χ2n) is 4.67. The molecule has 0 spiro atoms. The molecule has 2 aromatic carbocycles. The molecule has 0 amide bonds. The molecule has 0 aliphatic heterocycles. The molecule has 0 bridgehead atoms. The topological polar surface area (TPSA) is 75.6 Å². The van der Waals surface area contributed by atoms with E-state index in [1.54, 1.807) is 32.2 Å². The molecule has 0 radical (unpaired) electrons. The molecule has 0 aliphatic carbocycles. The van der Waals surface area contributed by atoms with Crippen LogP contribution < -0.4 is 9.46 Å². The van der Waals surface area contributed by atoms with Crippen LogP contribution in [0.1, 0.15) is 11.1 Å².